The molecule has 0 atom stereocenters. The summed E-state index contributed by atoms with van der Waals surface area (Å²) in [4.78, 5) is 27.7. The van der Waals surface area contributed by atoms with E-state index < -0.39 is 0 Å². The van der Waals surface area contributed by atoms with E-state index in [1.165, 1.54) is 0 Å². The van der Waals surface area contributed by atoms with Gasteiger partial charge in [0, 0.05) is 53.1 Å². The monoisotopic (exact) mass is 294 g/mol. The van der Waals surface area contributed by atoms with E-state index in [1.54, 1.807) is 16.9 Å². The van der Waals surface area contributed by atoms with Crippen LogP contribution < -0.4 is 5.32 Å². The smallest absolute Gasteiger partial charge is 0.317 e. The predicted molar refractivity (Wildman–Crippen MR) is 78.2 cm³/mol. The van der Waals surface area contributed by atoms with E-state index in [9.17, 15) is 9.59 Å². The lowest BCUT2D eigenvalue weighted by Crippen LogP contribution is -2.53. The molecule has 116 valence electrons. The van der Waals surface area contributed by atoms with Crippen LogP contribution in [0.5, 0.6) is 0 Å². The second kappa shape index (κ2) is 7.12. The number of aromatic nitrogens is 1. The summed E-state index contributed by atoms with van der Waals surface area (Å²) in [6.45, 7) is 3.21. The number of amides is 3. The molecule has 0 radical (unpaired) electrons. The van der Waals surface area contributed by atoms with Gasteiger partial charge in [0.1, 0.15) is 5.69 Å². The zero-order valence-electron chi connectivity index (χ0n) is 12.5. The van der Waals surface area contributed by atoms with Gasteiger partial charge in [0.2, 0.25) is 0 Å². The van der Waals surface area contributed by atoms with E-state index in [1.807, 2.05) is 29.9 Å². The van der Waals surface area contributed by atoms with E-state index in [0.29, 0.717) is 45.0 Å². The number of hydrogen-bond donors (Lipinski definition) is 1. The van der Waals surface area contributed by atoms with Crippen molar-refractivity contribution in [2.45, 2.75) is 0 Å². The van der Waals surface area contributed by atoms with Crippen LogP contribution in [-0.4, -0.2) is 72.7 Å². The summed E-state index contributed by atoms with van der Waals surface area (Å²) in [7, 11) is 3.45. The largest absolute Gasteiger partial charge is 0.383 e. The fourth-order valence-electron chi connectivity index (χ4n) is 2.33. The number of nitrogens with one attached hydrogen (secondary N) is 1. The summed E-state index contributed by atoms with van der Waals surface area (Å²) in [6.07, 6.45) is 1.85. The van der Waals surface area contributed by atoms with Crippen LogP contribution in [0, 0.1) is 0 Å². The van der Waals surface area contributed by atoms with Crippen LogP contribution in [0.2, 0.25) is 0 Å². The summed E-state index contributed by atoms with van der Waals surface area (Å²) < 4.78 is 6.70. The van der Waals surface area contributed by atoms with E-state index >= 15 is 0 Å². The van der Waals surface area contributed by atoms with Crippen LogP contribution >= 0.6 is 0 Å². The van der Waals surface area contributed by atoms with Gasteiger partial charge in [-0.3, -0.25) is 4.79 Å². The van der Waals surface area contributed by atoms with Crippen molar-refractivity contribution < 1.29 is 14.3 Å². The molecule has 1 aliphatic heterocycles. The number of rotatable bonds is 4. The normalized spacial score (nSPS) is 15.1. The van der Waals surface area contributed by atoms with Crippen LogP contribution in [0.4, 0.5) is 4.79 Å². The number of nitrogens with zero attached hydrogens (tertiary/aromatic N) is 3. The lowest BCUT2D eigenvalue weighted by molar-refractivity contribution is 0.0654. The SMILES string of the molecule is COCCNC(=O)N1CCN(C(=O)c2cccn2C)CC1. The molecule has 1 N–H and O–H groups in total. The van der Waals surface area contributed by atoms with Gasteiger partial charge in [-0.25, -0.2) is 4.79 Å². The fourth-order valence-corrected chi connectivity index (χ4v) is 2.33. The van der Waals surface area contributed by atoms with Gasteiger partial charge in [0.15, 0.2) is 0 Å². The third kappa shape index (κ3) is 3.75. The summed E-state index contributed by atoms with van der Waals surface area (Å²) in [5, 5.41) is 2.79. The topological polar surface area (TPSA) is 66.8 Å². The molecule has 1 saturated heterocycles. The molecule has 21 heavy (non-hydrogen) atoms. The highest BCUT2D eigenvalue weighted by atomic mass is 16.5. The Morgan fingerprint density at radius 2 is 1.90 bits per heavy atom. The number of hydrogen-bond acceptors (Lipinski definition) is 3. The molecule has 1 aliphatic rings. The van der Waals surface area contributed by atoms with Gasteiger partial charge in [0.25, 0.3) is 5.91 Å². The van der Waals surface area contributed by atoms with Crippen molar-refractivity contribution in [3.8, 4) is 0 Å². The first-order chi connectivity index (χ1) is 10.1. The van der Waals surface area contributed by atoms with Gasteiger partial charge < -0.3 is 24.4 Å². The number of piperazine rings is 1. The number of ether oxygens (including phenoxy) is 1. The maximum atomic E-state index is 12.3. The molecule has 1 fully saturated rings. The Morgan fingerprint density at radius 3 is 2.48 bits per heavy atom. The maximum absolute atomic E-state index is 12.3. The molecule has 0 saturated carbocycles. The second-order valence-electron chi connectivity index (χ2n) is 5.01. The summed E-state index contributed by atoms with van der Waals surface area (Å²) in [5.41, 5.74) is 0.674. The standard InChI is InChI=1S/C14H22N4O3/c1-16-6-3-4-12(16)13(19)17-7-9-18(10-8-17)14(20)15-5-11-21-2/h3-4,6H,5,7-11H2,1-2H3,(H,15,20). The van der Waals surface area contributed by atoms with Crippen LogP contribution in [0.25, 0.3) is 0 Å². The van der Waals surface area contributed by atoms with Gasteiger partial charge in [0.05, 0.1) is 6.61 Å². The number of carbonyl (C=O) groups excluding carboxylic acids is 2. The maximum Gasteiger partial charge on any atom is 0.317 e. The number of aryl methyl sites for hydroxylation is 1. The minimum atomic E-state index is -0.0991. The molecule has 0 bridgehead atoms. The predicted octanol–water partition coefficient (Wildman–Crippen LogP) is 0.139. The summed E-state index contributed by atoms with van der Waals surface area (Å²) in [6, 6.07) is 3.57. The first-order valence-electron chi connectivity index (χ1n) is 7.06. The molecule has 7 nitrogen and oxygen atoms in total. The van der Waals surface area contributed by atoms with Crippen LogP contribution in [0.1, 0.15) is 10.5 Å². The first kappa shape index (κ1) is 15.4. The van der Waals surface area contributed by atoms with E-state index in [0.717, 1.165) is 0 Å². The minimum absolute atomic E-state index is 0.0157. The van der Waals surface area contributed by atoms with Gasteiger partial charge in [-0.2, -0.15) is 0 Å². The number of methoxy groups -OCH3 is 1. The van der Waals surface area contributed by atoms with Crippen LogP contribution in [0.15, 0.2) is 18.3 Å². The summed E-state index contributed by atoms with van der Waals surface area (Å²) in [5.74, 6) is 0.0157. The Labute approximate surface area is 124 Å². The first-order valence-corrected chi connectivity index (χ1v) is 7.06. The summed E-state index contributed by atoms with van der Waals surface area (Å²) >= 11 is 0. The van der Waals surface area contributed by atoms with Gasteiger partial charge >= 0.3 is 6.03 Å². The highest BCUT2D eigenvalue weighted by Crippen LogP contribution is 2.09. The molecule has 1 aromatic heterocycles. The molecular formula is C14H22N4O3. The zero-order chi connectivity index (χ0) is 15.2. The zero-order valence-corrected chi connectivity index (χ0v) is 12.5. The molecule has 7 heteroatoms. The van der Waals surface area contributed by atoms with Crippen LogP contribution in [0.3, 0.4) is 0 Å². The minimum Gasteiger partial charge on any atom is -0.383 e. The van der Waals surface area contributed by atoms with Crippen molar-refractivity contribution in [1.82, 2.24) is 19.7 Å². The third-order valence-corrected chi connectivity index (χ3v) is 3.60. The molecule has 0 spiro atoms. The van der Waals surface area contributed by atoms with Crippen molar-refractivity contribution in [2.75, 3.05) is 46.4 Å². The Kier molecular flexibility index (Phi) is 5.21. The molecule has 2 heterocycles. The Morgan fingerprint density at radius 1 is 1.24 bits per heavy atom. The average Bonchev–Trinajstić information content (AvgIpc) is 2.93. The lowest BCUT2D eigenvalue weighted by atomic mass is 10.3. The van der Waals surface area contributed by atoms with E-state index in [4.69, 9.17) is 4.74 Å². The van der Waals surface area contributed by atoms with Crippen molar-refractivity contribution in [3.05, 3.63) is 24.0 Å². The average molecular weight is 294 g/mol. The van der Waals surface area contributed by atoms with Crippen molar-refractivity contribution in [2.24, 2.45) is 7.05 Å². The Hall–Kier alpha value is -2.02. The molecule has 1 aromatic rings. The van der Waals surface area contributed by atoms with Crippen molar-refractivity contribution >= 4 is 11.9 Å². The van der Waals surface area contributed by atoms with E-state index in [-0.39, 0.29) is 11.9 Å². The molecule has 0 aliphatic carbocycles. The fraction of sp³-hybridized carbons (Fsp3) is 0.571. The highest BCUT2D eigenvalue weighted by molar-refractivity contribution is 5.93. The number of urea groups is 1. The molecule has 0 unspecified atom stereocenters. The van der Waals surface area contributed by atoms with Gasteiger partial charge in [-0.1, -0.05) is 0 Å². The Balaban J connectivity index is 1.82. The lowest BCUT2D eigenvalue weighted by Gasteiger charge is -2.34. The molecular weight excluding hydrogens is 272 g/mol. The number of carbonyl (C=O) groups is 2. The highest BCUT2D eigenvalue weighted by Gasteiger charge is 2.25. The van der Waals surface area contributed by atoms with Gasteiger partial charge in [-0.15, -0.1) is 0 Å². The van der Waals surface area contributed by atoms with Crippen LogP contribution in [-0.2, 0) is 11.8 Å². The second-order valence-corrected chi connectivity index (χ2v) is 5.01. The quantitative estimate of drug-likeness (QED) is 0.803. The van der Waals surface area contributed by atoms with Crippen molar-refractivity contribution in [3.63, 3.8) is 0 Å². The van der Waals surface area contributed by atoms with Gasteiger partial charge in [-0.05, 0) is 12.1 Å². The molecule has 2 rings (SSSR count). The molecule has 0 aromatic carbocycles. The Bertz CT molecular complexity index is 492. The van der Waals surface area contributed by atoms with E-state index in [2.05, 4.69) is 5.32 Å². The third-order valence-electron chi connectivity index (χ3n) is 3.60. The molecule has 3 amide bonds. The van der Waals surface area contributed by atoms with Crippen molar-refractivity contribution in [1.29, 1.82) is 0 Å².